The molecular formula is C13H19N3O2. The molecule has 98 valence electrons. The Morgan fingerprint density at radius 1 is 1.50 bits per heavy atom. The fourth-order valence-electron chi connectivity index (χ4n) is 1.65. The molecule has 18 heavy (non-hydrogen) atoms. The van der Waals surface area contributed by atoms with E-state index in [0.29, 0.717) is 30.4 Å². The molecule has 0 atom stereocenters. The number of nitrogens with one attached hydrogen (secondary N) is 2. The number of carbonyl (C=O) groups is 1. The van der Waals surface area contributed by atoms with Gasteiger partial charge in [-0.25, -0.2) is 0 Å². The molecule has 1 saturated carbocycles. The normalized spacial score (nSPS) is 14.3. The number of ether oxygens (including phenoxy) is 1. The highest BCUT2D eigenvalue weighted by Gasteiger charge is 2.21. The highest BCUT2D eigenvalue weighted by atomic mass is 16.5. The standard InChI is InChI=1S/C13H19N3O2/c1-18-7-6-15-13(17)9-2-5-12(11(14)8-9)16-10-3-4-10/h2,5,8,10,16H,3-4,6-7,14H2,1H3,(H,15,17). The molecule has 1 amide bonds. The van der Waals surface area contributed by atoms with E-state index in [-0.39, 0.29) is 5.91 Å². The lowest BCUT2D eigenvalue weighted by Crippen LogP contribution is -2.27. The van der Waals surface area contributed by atoms with Crippen LogP contribution in [-0.2, 0) is 4.74 Å². The SMILES string of the molecule is COCCNC(=O)c1ccc(NC2CC2)c(N)c1. The van der Waals surface area contributed by atoms with Gasteiger partial charge in [-0.3, -0.25) is 4.79 Å². The molecule has 0 spiro atoms. The van der Waals surface area contributed by atoms with Crippen LogP contribution in [0.4, 0.5) is 11.4 Å². The van der Waals surface area contributed by atoms with Crippen molar-refractivity contribution in [1.29, 1.82) is 0 Å². The molecule has 5 nitrogen and oxygen atoms in total. The second kappa shape index (κ2) is 5.73. The monoisotopic (exact) mass is 249 g/mol. The van der Waals surface area contributed by atoms with Crippen LogP contribution in [0.1, 0.15) is 23.2 Å². The smallest absolute Gasteiger partial charge is 0.251 e. The van der Waals surface area contributed by atoms with Crippen molar-refractivity contribution >= 4 is 17.3 Å². The Labute approximate surface area is 107 Å². The van der Waals surface area contributed by atoms with Crippen molar-refractivity contribution < 1.29 is 9.53 Å². The van der Waals surface area contributed by atoms with Crippen molar-refractivity contribution in [3.8, 4) is 0 Å². The number of carbonyl (C=O) groups excluding carboxylic acids is 1. The third-order valence-corrected chi connectivity index (χ3v) is 2.84. The van der Waals surface area contributed by atoms with E-state index >= 15 is 0 Å². The van der Waals surface area contributed by atoms with Crippen LogP contribution in [0.25, 0.3) is 0 Å². The van der Waals surface area contributed by atoms with Gasteiger partial charge in [-0.15, -0.1) is 0 Å². The minimum absolute atomic E-state index is 0.128. The molecule has 4 N–H and O–H groups in total. The van der Waals surface area contributed by atoms with Gasteiger partial charge in [0.05, 0.1) is 18.0 Å². The third kappa shape index (κ3) is 3.37. The highest BCUT2D eigenvalue weighted by Crippen LogP contribution is 2.28. The van der Waals surface area contributed by atoms with Crippen LogP contribution in [0.15, 0.2) is 18.2 Å². The first-order valence-electron chi connectivity index (χ1n) is 6.14. The van der Waals surface area contributed by atoms with E-state index in [4.69, 9.17) is 10.5 Å². The number of rotatable bonds is 6. The highest BCUT2D eigenvalue weighted by molar-refractivity contribution is 5.96. The molecular weight excluding hydrogens is 230 g/mol. The summed E-state index contributed by atoms with van der Waals surface area (Å²) in [4.78, 5) is 11.8. The number of anilines is 2. The van der Waals surface area contributed by atoms with Crippen LogP contribution in [0.5, 0.6) is 0 Å². The second-order valence-corrected chi connectivity index (χ2v) is 4.47. The van der Waals surface area contributed by atoms with Gasteiger partial charge < -0.3 is 21.1 Å². The average molecular weight is 249 g/mol. The lowest BCUT2D eigenvalue weighted by atomic mass is 10.1. The summed E-state index contributed by atoms with van der Waals surface area (Å²) in [5.74, 6) is -0.128. The van der Waals surface area contributed by atoms with Gasteiger partial charge in [-0.05, 0) is 31.0 Å². The maximum Gasteiger partial charge on any atom is 0.251 e. The molecule has 0 bridgehead atoms. The number of hydrogen-bond donors (Lipinski definition) is 3. The van der Waals surface area contributed by atoms with Gasteiger partial charge in [0.1, 0.15) is 0 Å². The summed E-state index contributed by atoms with van der Waals surface area (Å²) in [6, 6.07) is 5.89. The Morgan fingerprint density at radius 3 is 2.89 bits per heavy atom. The summed E-state index contributed by atoms with van der Waals surface area (Å²) < 4.78 is 4.87. The maximum absolute atomic E-state index is 11.8. The van der Waals surface area contributed by atoms with Crippen LogP contribution in [0.2, 0.25) is 0 Å². The number of hydrogen-bond acceptors (Lipinski definition) is 4. The zero-order chi connectivity index (χ0) is 13.0. The van der Waals surface area contributed by atoms with Crippen LogP contribution in [0, 0.1) is 0 Å². The molecule has 5 heteroatoms. The van der Waals surface area contributed by atoms with Crippen LogP contribution in [0.3, 0.4) is 0 Å². The fraction of sp³-hybridized carbons (Fsp3) is 0.462. The summed E-state index contributed by atoms with van der Waals surface area (Å²) in [5.41, 5.74) is 8.02. The van der Waals surface area contributed by atoms with Crippen molar-refractivity contribution in [3.63, 3.8) is 0 Å². The molecule has 1 fully saturated rings. The molecule has 0 saturated heterocycles. The molecule has 0 aromatic heterocycles. The molecule has 1 aromatic rings. The topological polar surface area (TPSA) is 76.4 Å². The van der Waals surface area contributed by atoms with E-state index in [1.807, 2.05) is 6.07 Å². The predicted molar refractivity (Wildman–Crippen MR) is 71.7 cm³/mol. The Morgan fingerprint density at radius 2 is 2.28 bits per heavy atom. The lowest BCUT2D eigenvalue weighted by Gasteiger charge is -2.10. The summed E-state index contributed by atoms with van der Waals surface area (Å²) in [6.45, 7) is 1.000. The van der Waals surface area contributed by atoms with Gasteiger partial charge in [0.2, 0.25) is 0 Å². The van der Waals surface area contributed by atoms with Crippen LogP contribution < -0.4 is 16.4 Å². The van der Waals surface area contributed by atoms with Gasteiger partial charge >= 0.3 is 0 Å². The number of amides is 1. The zero-order valence-corrected chi connectivity index (χ0v) is 10.5. The van der Waals surface area contributed by atoms with Crippen molar-refractivity contribution in [1.82, 2.24) is 5.32 Å². The summed E-state index contributed by atoms with van der Waals surface area (Å²) in [5, 5.41) is 6.09. The van der Waals surface area contributed by atoms with E-state index < -0.39 is 0 Å². The van der Waals surface area contributed by atoms with E-state index in [2.05, 4.69) is 10.6 Å². The largest absolute Gasteiger partial charge is 0.397 e. The maximum atomic E-state index is 11.8. The molecule has 1 aromatic carbocycles. The summed E-state index contributed by atoms with van der Waals surface area (Å²) >= 11 is 0. The van der Waals surface area contributed by atoms with Gasteiger partial charge in [0.15, 0.2) is 0 Å². The zero-order valence-electron chi connectivity index (χ0n) is 10.5. The molecule has 0 heterocycles. The van der Waals surface area contributed by atoms with Gasteiger partial charge in [0, 0.05) is 25.3 Å². The molecule has 0 unspecified atom stereocenters. The Hall–Kier alpha value is -1.75. The van der Waals surface area contributed by atoms with E-state index in [0.717, 1.165) is 5.69 Å². The minimum Gasteiger partial charge on any atom is -0.397 e. The van der Waals surface area contributed by atoms with Crippen molar-refractivity contribution in [3.05, 3.63) is 23.8 Å². The first-order chi connectivity index (χ1) is 8.70. The van der Waals surface area contributed by atoms with Crippen molar-refractivity contribution in [2.75, 3.05) is 31.3 Å². The quantitative estimate of drug-likeness (QED) is 0.523. The Balaban J connectivity index is 1.96. The third-order valence-electron chi connectivity index (χ3n) is 2.84. The fourth-order valence-corrected chi connectivity index (χ4v) is 1.65. The molecule has 0 radical (unpaired) electrons. The van der Waals surface area contributed by atoms with Gasteiger partial charge in [-0.2, -0.15) is 0 Å². The molecule has 2 rings (SSSR count). The molecule has 1 aliphatic rings. The molecule has 0 aliphatic heterocycles. The van der Waals surface area contributed by atoms with E-state index in [9.17, 15) is 4.79 Å². The van der Waals surface area contributed by atoms with Crippen LogP contribution in [-0.4, -0.2) is 32.2 Å². The molecule has 1 aliphatic carbocycles. The van der Waals surface area contributed by atoms with Crippen molar-refractivity contribution in [2.45, 2.75) is 18.9 Å². The van der Waals surface area contributed by atoms with Crippen molar-refractivity contribution in [2.24, 2.45) is 0 Å². The first kappa shape index (κ1) is 12.7. The summed E-state index contributed by atoms with van der Waals surface area (Å²) in [7, 11) is 1.60. The number of nitrogens with two attached hydrogens (primary N) is 1. The number of benzene rings is 1. The number of methoxy groups -OCH3 is 1. The average Bonchev–Trinajstić information content (AvgIpc) is 3.16. The van der Waals surface area contributed by atoms with E-state index in [1.165, 1.54) is 12.8 Å². The summed E-state index contributed by atoms with van der Waals surface area (Å²) in [6.07, 6.45) is 2.39. The number of nitrogen functional groups attached to an aromatic ring is 1. The lowest BCUT2D eigenvalue weighted by molar-refractivity contribution is 0.0937. The van der Waals surface area contributed by atoms with Gasteiger partial charge in [0.25, 0.3) is 5.91 Å². The minimum atomic E-state index is -0.128. The second-order valence-electron chi connectivity index (χ2n) is 4.47. The van der Waals surface area contributed by atoms with Gasteiger partial charge in [-0.1, -0.05) is 0 Å². The van der Waals surface area contributed by atoms with E-state index in [1.54, 1.807) is 19.2 Å². The Kier molecular flexibility index (Phi) is 4.04. The van der Waals surface area contributed by atoms with Crippen LogP contribution >= 0.6 is 0 Å². The Bertz CT molecular complexity index is 430. The first-order valence-corrected chi connectivity index (χ1v) is 6.14. The predicted octanol–water partition coefficient (Wildman–Crippen LogP) is 1.22.